The highest BCUT2D eigenvalue weighted by Gasteiger charge is 2.33. The van der Waals surface area contributed by atoms with E-state index in [4.69, 9.17) is 27.9 Å². The van der Waals surface area contributed by atoms with Gasteiger partial charge in [0.15, 0.2) is 5.75 Å². The molecule has 1 fully saturated rings. The van der Waals surface area contributed by atoms with Gasteiger partial charge in [0.1, 0.15) is 0 Å². The quantitative estimate of drug-likeness (QED) is 0.779. The number of hydrogen-bond acceptors (Lipinski definition) is 2. The predicted octanol–water partition coefficient (Wildman–Crippen LogP) is 4.86. The van der Waals surface area contributed by atoms with Crippen LogP contribution in [-0.4, -0.2) is 12.4 Å². The van der Waals surface area contributed by atoms with E-state index in [0.717, 1.165) is 5.75 Å². The van der Waals surface area contributed by atoms with Crippen LogP contribution in [0.5, 0.6) is 5.75 Å². The molecule has 0 aliphatic heterocycles. The normalized spacial score (nSPS) is 18.3. The van der Waals surface area contributed by atoms with Crippen LogP contribution < -0.4 is 4.74 Å². The fourth-order valence-corrected chi connectivity index (χ4v) is 3.23. The fraction of sp³-hybridized carbons (Fsp3) is 0.538. The van der Waals surface area contributed by atoms with Crippen molar-refractivity contribution >= 4 is 35.8 Å². The van der Waals surface area contributed by atoms with E-state index in [1.165, 1.54) is 25.7 Å². The molecule has 1 aromatic carbocycles. The van der Waals surface area contributed by atoms with Gasteiger partial charge in [-0.05, 0) is 30.7 Å². The summed E-state index contributed by atoms with van der Waals surface area (Å²) in [7, 11) is 0. The van der Waals surface area contributed by atoms with Gasteiger partial charge in [0, 0.05) is 5.41 Å². The van der Waals surface area contributed by atoms with Gasteiger partial charge in [-0.3, -0.25) is 0 Å². The van der Waals surface area contributed by atoms with Gasteiger partial charge in [-0.25, -0.2) is 0 Å². The zero-order valence-corrected chi connectivity index (χ0v) is 12.0. The zero-order valence-electron chi connectivity index (χ0n) is 9.59. The summed E-state index contributed by atoms with van der Waals surface area (Å²) in [6.45, 7) is 0.653. The predicted molar refractivity (Wildman–Crippen MR) is 76.7 cm³/mol. The third kappa shape index (κ3) is 3.04. The lowest BCUT2D eigenvalue weighted by Gasteiger charge is -2.27. The summed E-state index contributed by atoms with van der Waals surface area (Å²) in [6, 6.07) is 5.41. The number of benzene rings is 1. The number of para-hydroxylation sites is 1. The van der Waals surface area contributed by atoms with Gasteiger partial charge in [-0.1, -0.05) is 42.1 Å². The number of ether oxygens (including phenoxy) is 1. The highest BCUT2D eigenvalue weighted by Crippen LogP contribution is 2.41. The van der Waals surface area contributed by atoms with Crippen LogP contribution >= 0.6 is 35.8 Å². The number of thiol groups is 1. The van der Waals surface area contributed by atoms with Gasteiger partial charge < -0.3 is 4.74 Å². The van der Waals surface area contributed by atoms with E-state index in [-0.39, 0.29) is 5.41 Å². The van der Waals surface area contributed by atoms with Crippen molar-refractivity contribution < 1.29 is 4.74 Å². The molecule has 0 saturated heterocycles. The molecular formula is C13H16Cl2OS. The fourth-order valence-electron chi connectivity index (χ4n) is 2.32. The number of hydrogen-bond donors (Lipinski definition) is 1. The second-order valence-electron chi connectivity index (χ2n) is 4.70. The van der Waals surface area contributed by atoms with Crippen molar-refractivity contribution in [3.8, 4) is 5.75 Å². The second kappa shape index (κ2) is 5.73. The molecule has 0 spiro atoms. The van der Waals surface area contributed by atoms with Crippen molar-refractivity contribution in [3.05, 3.63) is 28.2 Å². The summed E-state index contributed by atoms with van der Waals surface area (Å²) >= 11 is 16.6. The molecule has 0 bridgehead atoms. The minimum Gasteiger partial charge on any atom is -0.490 e. The summed E-state index contributed by atoms with van der Waals surface area (Å²) in [4.78, 5) is 0. The van der Waals surface area contributed by atoms with Gasteiger partial charge in [0.05, 0.1) is 16.7 Å². The van der Waals surface area contributed by atoms with Gasteiger partial charge in [0.25, 0.3) is 0 Å². The SMILES string of the molecule is SCC1(COc2c(Cl)cccc2Cl)CCCC1. The van der Waals surface area contributed by atoms with Crippen molar-refractivity contribution in [2.45, 2.75) is 25.7 Å². The Hall–Kier alpha value is -0.0500. The molecule has 94 valence electrons. The van der Waals surface area contributed by atoms with Crippen molar-refractivity contribution in [2.75, 3.05) is 12.4 Å². The minimum atomic E-state index is 0.200. The lowest BCUT2D eigenvalue weighted by atomic mass is 9.90. The molecule has 17 heavy (non-hydrogen) atoms. The highest BCUT2D eigenvalue weighted by molar-refractivity contribution is 7.80. The molecular weight excluding hydrogens is 275 g/mol. The molecule has 1 nitrogen and oxygen atoms in total. The standard InChI is InChI=1S/C13H16Cl2OS/c14-10-4-3-5-11(15)12(10)16-8-13(9-17)6-1-2-7-13/h3-5,17H,1-2,6-9H2. The van der Waals surface area contributed by atoms with Gasteiger partial charge in [-0.15, -0.1) is 0 Å². The Balaban J connectivity index is 2.06. The van der Waals surface area contributed by atoms with Crippen LogP contribution in [0.3, 0.4) is 0 Å². The summed E-state index contributed by atoms with van der Waals surface area (Å²) in [5.41, 5.74) is 0.200. The van der Waals surface area contributed by atoms with E-state index in [2.05, 4.69) is 12.6 Å². The first-order chi connectivity index (χ1) is 8.17. The Morgan fingerprint density at radius 3 is 2.29 bits per heavy atom. The van der Waals surface area contributed by atoms with Crippen LogP contribution in [0.25, 0.3) is 0 Å². The lowest BCUT2D eigenvalue weighted by molar-refractivity contribution is 0.173. The zero-order chi connectivity index (χ0) is 12.3. The summed E-state index contributed by atoms with van der Waals surface area (Å²) < 4.78 is 5.83. The first kappa shape index (κ1) is 13.4. The summed E-state index contributed by atoms with van der Waals surface area (Å²) in [6.07, 6.45) is 4.89. The molecule has 1 saturated carbocycles. The molecule has 0 N–H and O–H groups in total. The first-order valence-electron chi connectivity index (χ1n) is 5.85. The Labute approximate surface area is 118 Å². The number of rotatable bonds is 4. The smallest absolute Gasteiger partial charge is 0.156 e. The van der Waals surface area contributed by atoms with Crippen molar-refractivity contribution in [1.82, 2.24) is 0 Å². The van der Waals surface area contributed by atoms with Crippen molar-refractivity contribution in [1.29, 1.82) is 0 Å². The molecule has 0 unspecified atom stereocenters. The average Bonchev–Trinajstić information content (AvgIpc) is 2.78. The van der Waals surface area contributed by atoms with Crippen LogP contribution in [0.1, 0.15) is 25.7 Å². The van der Waals surface area contributed by atoms with Crippen LogP contribution in [-0.2, 0) is 0 Å². The average molecular weight is 291 g/mol. The molecule has 4 heteroatoms. The van der Waals surface area contributed by atoms with Crippen molar-refractivity contribution in [2.24, 2.45) is 5.41 Å². The molecule has 2 rings (SSSR count). The highest BCUT2D eigenvalue weighted by atomic mass is 35.5. The molecule has 0 aromatic heterocycles. The van der Waals surface area contributed by atoms with E-state index in [1.54, 1.807) is 12.1 Å². The summed E-state index contributed by atoms with van der Waals surface area (Å²) in [5, 5.41) is 1.15. The lowest BCUT2D eigenvalue weighted by Crippen LogP contribution is -2.27. The topological polar surface area (TPSA) is 9.23 Å². The summed E-state index contributed by atoms with van der Waals surface area (Å²) in [5.74, 6) is 1.46. The monoisotopic (exact) mass is 290 g/mol. The third-order valence-electron chi connectivity index (χ3n) is 3.44. The molecule has 1 aliphatic rings. The molecule has 1 aliphatic carbocycles. The van der Waals surface area contributed by atoms with Gasteiger partial charge in [0.2, 0.25) is 0 Å². The maximum absolute atomic E-state index is 6.08. The second-order valence-corrected chi connectivity index (χ2v) is 5.84. The van der Waals surface area contributed by atoms with E-state index < -0.39 is 0 Å². The molecule has 0 radical (unpaired) electrons. The van der Waals surface area contributed by atoms with Crippen molar-refractivity contribution in [3.63, 3.8) is 0 Å². The molecule has 1 aromatic rings. The molecule has 0 atom stereocenters. The largest absolute Gasteiger partial charge is 0.490 e. The van der Waals surface area contributed by atoms with Gasteiger partial charge in [-0.2, -0.15) is 12.6 Å². The van der Waals surface area contributed by atoms with Crippen LogP contribution in [0.15, 0.2) is 18.2 Å². The van der Waals surface area contributed by atoms with Crippen LogP contribution in [0.4, 0.5) is 0 Å². The Morgan fingerprint density at radius 2 is 1.76 bits per heavy atom. The van der Waals surface area contributed by atoms with Gasteiger partial charge >= 0.3 is 0 Å². The van der Waals surface area contributed by atoms with E-state index >= 15 is 0 Å². The van der Waals surface area contributed by atoms with E-state index in [0.29, 0.717) is 22.4 Å². The third-order valence-corrected chi connectivity index (χ3v) is 4.71. The van der Waals surface area contributed by atoms with Crippen LogP contribution in [0, 0.1) is 5.41 Å². The molecule has 0 heterocycles. The first-order valence-corrected chi connectivity index (χ1v) is 7.23. The maximum Gasteiger partial charge on any atom is 0.156 e. The maximum atomic E-state index is 6.08. The minimum absolute atomic E-state index is 0.200. The van der Waals surface area contributed by atoms with E-state index in [9.17, 15) is 0 Å². The Morgan fingerprint density at radius 1 is 1.18 bits per heavy atom. The number of halogens is 2. The Kier molecular flexibility index (Phi) is 4.51. The van der Waals surface area contributed by atoms with Crippen LogP contribution in [0.2, 0.25) is 10.0 Å². The Bertz CT molecular complexity index is 369. The van der Waals surface area contributed by atoms with E-state index in [1.807, 2.05) is 6.07 Å². The molecule has 0 amide bonds.